The van der Waals surface area contributed by atoms with Crippen molar-refractivity contribution in [1.82, 2.24) is 9.29 Å². The summed E-state index contributed by atoms with van der Waals surface area (Å²) in [5.41, 5.74) is 1.07. The second kappa shape index (κ2) is 8.54. The molecule has 3 aromatic rings. The molecule has 1 N–H and O–H groups in total. The van der Waals surface area contributed by atoms with Crippen LogP contribution >= 0.6 is 0 Å². The van der Waals surface area contributed by atoms with Gasteiger partial charge in [-0.2, -0.15) is 0 Å². The first-order valence-electron chi connectivity index (χ1n) is 8.79. The van der Waals surface area contributed by atoms with Crippen molar-refractivity contribution in [2.75, 3.05) is 19.4 Å². The van der Waals surface area contributed by atoms with Crippen LogP contribution in [-0.2, 0) is 21.2 Å². The fourth-order valence-corrected chi connectivity index (χ4v) is 3.51. The van der Waals surface area contributed by atoms with Gasteiger partial charge in [0.15, 0.2) is 11.7 Å². The Balaban J connectivity index is 1.60. The van der Waals surface area contributed by atoms with Crippen LogP contribution in [0, 0.1) is 5.82 Å². The largest absolute Gasteiger partial charge is 0.441 e. The third-order valence-electron chi connectivity index (χ3n) is 4.14. The van der Waals surface area contributed by atoms with Crippen molar-refractivity contribution in [2.45, 2.75) is 17.7 Å². The Morgan fingerprint density at radius 1 is 1.17 bits per heavy atom. The number of hydrogen-bond acceptors (Lipinski definition) is 5. The number of anilines is 1. The van der Waals surface area contributed by atoms with Crippen LogP contribution in [0.2, 0.25) is 0 Å². The summed E-state index contributed by atoms with van der Waals surface area (Å²) in [5, 5.41) is 2.68. The van der Waals surface area contributed by atoms with Crippen molar-refractivity contribution in [3.63, 3.8) is 0 Å². The second-order valence-corrected chi connectivity index (χ2v) is 8.64. The number of carbonyl (C=O) groups excluding carboxylic acids is 1. The number of aryl methyl sites for hydroxylation is 1. The number of amides is 1. The van der Waals surface area contributed by atoms with Gasteiger partial charge in [0.2, 0.25) is 15.9 Å². The normalized spacial score (nSPS) is 11.6. The Morgan fingerprint density at radius 3 is 2.59 bits per heavy atom. The molecule has 0 radical (unpaired) electrons. The molecule has 0 bridgehead atoms. The Morgan fingerprint density at radius 2 is 1.90 bits per heavy atom. The van der Waals surface area contributed by atoms with Gasteiger partial charge >= 0.3 is 0 Å². The average molecular weight is 417 g/mol. The summed E-state index contributed by atoms with van der Waals surface area (Å²) in [7, 11) is -0.700. The minimum absolute atomic E-state index is 0.0944. The van der Waals surface area contributed by atoms with Gasteiger partial charge in [0.05, 0.1) is 11.1 Å². The van der Waals surface area contributed by atoms with Gasteiger partial charge in [0.25, 0.3) is 0 Å². The van der Waals surface area contributed by atoms with E-state index in [1.165, 1.54) is 44.6 Å². The first kappa shape index (κ1) is 20.7. The molecule has 0 spiro atoms. The van der Waals surface area contributed by atoms with Crippen LogP contribution in [0.15, 0.2) is 64.0 Å². The average Bonchev–Trinajstić information content (AvgIpc) is 3.16. The minimum atomic E-state index is -3.58. The number of oxazole rings is 1. The molecule has 0 aliphatic carbocycles. The summed E-state index contributed by atoms with van der Waals surface area (Å²) >= 11 is 0. The highest BCUT2D eigenvalue weighted by atomic mass is 32.2. The predicted molar refractivity (Wildman–Crippen MR) is 106 cm³/mol. The van der Waals surface area contributed by atoms with Crippen molar-refractivity contribution < 1.29 is 22.0 Å². The predicted octanol–water partition coefficient (Wildman–Crippen LogP) is 3.30. The number of nitrogens with zero attached hydrogens (tertiary/aromatic N) is 2. The Hall–Kier alpha value is -3.04. The van der Waals surface area contributed by atoms with Crippen molar-refractivity contribution >= 4 is 21.6 Å². The zero-order valence-electron chi connectivity index (χ0n) is 15.9. The number of aromatic nitrogens is 1. The highest BCUT2D eigenvalue weighted by Crippen LogP contribution is 2.22. The number of hydrogen-bond donors (Lipinski definition) is 1. The van der Waals surface area contributed by atoms with E-state index >= 15 is 0 Å². The number of halogens is 1. The Bertz CT molecular complexity index is 1110. The van der Waals surface area contributed by atoms with Crippen LogP contribution in [0.25, 0.3) is 11.3 Å². The smallest absolute Gasteiger partial charge is 0.242 e. The van der Waals surface area contributed by atoms with E-state index in [1.807, 2.05) is 0 Å². The highest BCUT2D eigenvalue weighted by Gasteiger charge is 2.17. The van der Waals surface area contributed by atoms with E-state index in [1.54, 1.807) is 24.3 Å². The van der Waals surface area contributed by atoms with E-state index < -0.39 is 10.0 Å². The zero-order valence-corrected chi connectivity index (χ0v) is 16.7. The van der Waals surface area contributed by atoms with Gasteiger partial charge in [0.1, 0.15) is 5.82 Å². The number of rotatable bonds is 7. The summed E-state index contributed by atoms with van der Waals surface area (Å²) < 4.78 is 44.1. The first-order valence-corrected chi connectivity index (χ1v) is 10.2. The van der Waals surface area contributed by atoms with E-state index in [4.69, 9.17) is 4.42 Å². The molecule has 0 atom stereocenters. The molecule has 29 heavy (non-hydrogen) atoms. The SMILES string of the molecule is CN(C)S(=O)(=O)c1cccc(NC(=O)CCc2ncc(-c3ccc(F)cc3)o2)c1. The maximum absolute atomic E-state index is 13.0. The highest BCUT2D eigenvalue weighted by molar-refractivity contribution is 7.89. The lowest BCUT2D eigenvalue weighted by atomic mass is 10.2. The summed E-state index contributed by atoms with van der Waals surface area (Å²) in [6, 6.07) is 11.9. The summed E-state index contributed by atoms with van der Waals surface area (Å²) in [6.45, 7) is 0. The van der Waals surface area contributed by atoms with Gasteiger partial charge in [-0.25, -0.2) is 22.1 Å². The van der Waals surface area contributed by atoms with E-state index in [0.717, 1.165) is 4.31 Å². The standard InChI is InChI=1S/C20H20FN3O4S/c1-24(2)29(26,27)17-5-3-4-16(12-17)23-19(25)10-11-20-22-13-18(28-20)14-6-8-15(21)9-7-14/h3-9,12-13H,10-11H2,1-2H3,(H,23,25). The van der Waals surface area contributed by atoms with Crippen molar-refractivity contribution in [1.29, 1.82) is 0 Å². The molecule has 152 valence electrons. The molecule has 1 aromatic heterocycles. The molecule has 7 nitrogen and oxygen atoms in total. The van der Waals surface area contributed by atoms with Crippen molar-refractivity contribution in [3.05, 3.63) is 66.4 Å². The number of nitrogens with one attached hydrogen (secondary N) is 1. The third kappa shape index (κ3) is 5.07. The van der Waals surface area contributed by atoms with E-state index in [-0.39, 0.29) is 29.5 Å². The summed E-state index contributed by atoms with van der Waals surface area (Å²) in [5.74, 6) is 0.226. The van der Waals surface area contributed by atoms with Crippen LogP contribution in [0.4, 0.5) is 10.1 Å². The molecular formula is C20H20FN3O4S. The molecule has 0 unspecified atom stereocenters. The van der Waals surface area contributed by atoms with E-state index in [2.05, 4.69) is 10.3 Å². The lowest BCUT2D eigenvalue weighted by molar-refractivity contribution is -0.116. The maximum atomic E-state index is 13.0. The monoisotopic (exact) mass is 417 g/mol. The van der Waals surface area contributed by atoms with Crippen LogP contribution in [0.5, 0.6) is 0 Å². The van der Waals surface area contributed by atoms with E-state index in [0.29, 0.717) is 22.9 Å². The molecule has 0 aliphatic rings. The molecule has 3 rings (SSSR count). The zero-order chi connectivity index (χ0) is 21.0. The number of carbonyl (C=O) groups is 1. The topological polar surface area (TPSA) is 92.5 Å². The summed E-state index contributed by atoms with van der Waals surface area (Å²) in [4.78, 5) is 16.4. The van der Waals surface area contributed by atoms with Crippen LogP contribution in [0.1, 0.15) is 12.3 Å². The summed E-state index contributed by atoms with van der Waals surface area (Å²) in [6.07, 6.45) is 1.90. The molecule has 2 aromatic carbocycles. The molecule has 1 amide bonds. The van der Waals surface area contributed by atoms with Gasteiger partial charge in [-0.1, -0.05) is 6.07 Å². The Kier molecular flexibility index (Phi) is 6.09. The molecule has 9 heteroatoms. The number of sulfonamides is 1. The maximum Gasteiger partial charge on any atom is 0.242 e. The lowest BCUT2D eigenvalue weighted by Gasteiger charge is -2.12. The van der Waals surface area contributed by atoms with Gasteiger partial charge in [-0.05, 0) is 42.5 Å². The van der Waals surface area contributed by atoms with Crippen LogP contribution in [0.3, 0.4) is 0 Å². The van der Waals surface area contributed by atoms with Crippen molar-refractivity contribution in [2.24, 2.45) is 0 Å². The molecule has 0 saturated heterocycles. The third-order valence-corrected chi connectivity index (χ3v) is 5.96. The molecule has 0 saturated carbocycles. The van der Waals surface area contributed by atoms with Crippen LogP contribution < -0.4 is 5.32 Å². The van der Waals surface area contributed by atoms with Crippen LogP contribution in [-0.4, -0.2) is 37.7 Å². The lowest BCUT2D eigenvalue weighted by Crippen LogP contribution is -2.22. The number of benzene rings is 2. The fourth-order valence-electron chi connectivity index (χ4n) is 2.56. The Labute approximate surface area is 168 Å². The molecule has 0 aliphatic heterocycles. The fraction of sp³-hybridized carbons (Fsp3) is 0.200. The van der Waals surface area contributed by atoms with Gasteiger partial charge in [-0.3, -0.25) is 4.79 Å². The van der Waals surface area contributed by atoms with Gasteiger partial charge in [-0.15, -0.1) is 0 Å². The van der Waals surface area contributed by atoms with Gasteiger partial charge < -0.3 is 9.73 Å². The molecule has 1 heterocycles. The molecule has 0 fully saturated rings. The first-order chi connectivity index (χ1) is 13.8. The molecular weight excluding hydrogens is 397 g/mol. The second-order valence-electron chi connectivity index (χ2n) is 6.49. The quantitative estimate of drug-likeness (QED) is 0.637. The van der Waals surface area contributed by atoms with Crippen molar-refractivity contribution in [3.8, 4) is 11.3 Å². The van der Waals surface area contributed by atoms with Gasteiger partial charge in [0, 0.05) is 38.2 Å². The van der Waals surface area contributed by atoms with E-state index in [9.17, 15) is 17.6 Å². The minimum Gasteiger partial charge on any atom is -0.441 e.